The third-order valence-corrected chi connectivity index (χ3v) is 3.45. The quantitative estimate of drug-likeness (QED) is 0.732. The Labute approximate surface area is 114 Å². The SMILES string of the molecule is CC(C)C(C)(O)CNC(=O)CC(O)c1ccccc1. The summed E-state index contributed by atoms with van der Waals surface area (Å²) in [6.07, 6.45) is -0.816. The van der Waals surface area contributed by atoms with E-state index in [4.69, 9.17) is 0 Å². The van der Waals surface area contributed by atoms with Crippen LogP contribution in [0.15, 0.2) is 30.3 Å². The maximum Gasteiger partial charge on any atom is 0.223 e. The smallest absolute Gasteiger partial charge is 0.223 e. The van der Waals surface area contributed by atoms with Gasteiger partial charge < -0.3 is 15.5 Å². The van der Waals surface area contributed by atoms with Crippen molar-refractivity contribution in [1.29, 1.82) is 0 Å². The van der Waals surface area contributed by atoms with E-state index in [1.807, 2.05) is 32.0 Å². The van der Waals surface area contributed by atoms with E-state index in [2.05, 4.69) is 5.32 Å². The molecule has 4 nitrogen and oxygen atoms in total. The minimum absolute atomic E-state index is 0.00180. The summed E-state index contributed by atoms with van der Waals surface area (Å²) in [5, 5.41) is 22.6. The molecule has 0 aromatic heterocycles. The van der Waals surface area contributed by atoms with Crippen molar-refractivity contribution in [3.63, 3.8) is 0 Å². The molecule has 0 saturated heterocycles. The molecule has 1 amide bonds. The average Bonchev–Trinajstić information content (AvgIpc) is 2.37. The lowest BCUT2D eigenvalue weighted by atomic mass is 9.92. The topological polar surface area (TPSA) is 69.6 Å². The normalized spacial score (nSPS) is 15.9. The number of benzene rings is 1. The zero-order valence-electron chi connectivity index (χ0n) is 11.8. The lowest BCUT2D eigenvalue weighted by Gasteiger charge is -2.28. The summed E-state index contributed by atoms with van der Waals surface area (Å²) < 4.78 is 0. The van der Waals surface area contributed by atoms with Gasteiger partial charge >= 0.3 is 0 Å². The standard InChI is InChI=1S/C15H23NO3/c1-11(2)15(3,19)10-16-14(18)9-13(17)12-7-5-4-6-8-12/h4-8,11,13,17,19H,9-10H2,1-3H3,(H,16,18). The Morgan fingerprint density at radius 2 is 1.89 bits per heavy atom. The first-order valence-corrected chi connectivity index (χ1v) is 6.55. The Morgan fingerprint density at radius 3 is 2.42 bits per heavy atom. The Kier molecular flexibility index (Phi) is 5.51. The van der Waals surface area contributed by atoms with Crippen molar-refractivity contribution in [1.82, 2.24) is 5.32 Å². The van der Waals surface area contributed by atoms with Gasteiger partial charge in [-0.05, 0) is 18.4 Å². The molecule has 2 atom stereocenters. The maximum atomic E-state index is 11.7. The van der Waals surface area contributed by atoms with E-state index >= 15 is 0 Å². The van der Waals surface area contributed by atoms with Crippen LogP contribution in [0.3, 0.4) is 0 Å². The van der Waals surface area contributed by atoms with Crippen LogP contribution in [-0.2, 0) is 4.79 Å². The van der Waals surface area contributed by atoms with Crippen LogP contribution in [0.5, 0.6) is 0 Å². The van der Waals surface area contributed by atoms with Gasteiger partial charge in [0.2, 0.25) is 5.91 Å². The molecule has 0 heterocycles. The van der Waals surface area contributed by atoms with Gasteiger partial charge in [0, 0.05) is 6.54 Å². The second-order valence-electron chi connectivity index (χ2n) is 5.42. The summed E-state index contributed by atoms with van der Waals surface area (Å²) in [4.78, 5) is 11.7. The molecule has 3 N–H and O–H groups in total. The van der Waals surface area contributed by atoms with Gasteiger partial charge in [-0.2, -0.15) is 0 Å². The summed E-state index contributed by atoms with van der Waals surface area (Å²) in [7, 11) is 0. The van der Waals surface area contributed by atoms with Gasteiger partial charge in [0.25, 0.3) is 0 Å². The Hall–Kier alpha value is -1.39. The van der Waals surface area contributed by atoms with Gasteiger partial charge in [0.1, 0.15) is 0 Å². The zero-order chi connectivity index (χ0) is 14.5. The number of hydrogen-bond acceptors (Lipinski definition) is 3. The third-order valence-electron chi connectivity index (χ3n) is 3.45. The minimum Gasteiger partial charge on any atom is -0.388 e. The highest BCUT2D eigenvalue weighted by Gasteiger charge is 2.25. The lowest BCUT2D eigenvalue weighted by Crippen LogP contribution is -2.44. The van der Waals surface area contributed by atoms with Crippen molar-refractivity contribution in [3.8, 4) is 0 Å². The highest BCUT2D eigenvalue weighted by Crippen LogP contribution is 2.17. The number of amides is 1. The van der Waals surface area contributed by atoms with E-state index < -0.39 is 11.7 Å². The Balaban J connectivity index is 2.44. The van der Waals surface area contributed by atoms with Crippen molar-refractivity contribution in [3.05, 3.63) is 35.9 Å². The lowest BCUT2D eigenvalue weighted by molar-refractivity contribution is -0.124. The van der Waals surface area contributed by atoms with Crippen LogP contribution >= 0.6 is 0 Å². The molecule has 0 spiro atoms. The fraction of sp³-hybridized carbons (Fsp3) is 0.533. The van der Waals surface area contributed by atoms with E-state index in [1.54, 1.807) is 19.1 Å². The van der Waals surface area contributed by atoms with E-state index in [0.717, 1.165) is 0 Å². The van der Waals surface area contributed by atoms with Crippen molar-refractivity contribution < 1.29 is 15.0 Å². The van der Waals surface area contributed by atoms with Gasteiger partial charge in [-0.3, -0.25) is 4.79 Å². The molecular formula is C15H23NO3. The first-order chi connectivity index (χ1) is 8.83. The highest BCUT2D eigenvalue weighted by atomic mass is 16.3. The molecule has 106 valence electrons. The average molecular weight is 265 g/mol. The molecule has 1 rings (SSSR count). The van der Waals surface area contributed by atoms with Crippen LogP contribution in [0, 0.1) is 5.92 Å². The molecule has 1 aromatic carbocycles. The van der Waals surface area contributed by atoms with Crippen molar-refractivity contribution in [2.45, 2.75) is 38.9 Å². The number of aliphatic hydroxyl groups is 2. The molecule has 0 radical (unpaired) electrons. The number of carbonyl (C=O) groups excluding carboxylic acids is 1. The van der Waals surface area contributed by atoms with Crippen LogP contribution in [0.2, 0.25) is 0 Å². The fourth-order valence-corrected chi connectivity index (χ4v) is 1.52. The maximum absolute atomic E-state index is 11.7. The number of nitrogens with one attached hydrogen (secondary N) is 1. The highest BCUT2D eigenvalue weighted by molar-refractivity contribution is 5.76. The third kappa shape index (κ3) is 5.01. The molecular weight excluding hydrogens is 242 g/mol. The fourth-order valence-electron chi connectivity index (χ4n) is 1.52. The van der Waals surface area contributed by atoms with E-state index in [-0.39, 0.29) is 24.8 Å². The molecule has 4 heteroatoms. The molecule has 0 bridgehead atoms. The summed E-state index contributed by atoms with van der Waals surface area (Å²) in [6.45, 7) is 5.66. The predicted molar refractivity (Wildman–Crippen MR) is 74.5 cm³/mol. The molecule has 0 aliphatic rings. The van der Waals surface area contributed by atoms with Crippen LogP contribution in [0.1, 0.15) is 38.9 Å². The van der Waals surface area contributed by atoms with Gasteiger partial charge in [0.05, 0.1) is 18.1 Å². The number of rotatable bonds is 6. The molecule has 0 aliphatic carbocycles. The second-order valence-corrected chi connectivity index (χ2v) is 5.42. The van der Waals surface area contributed by atoms with E-state index in [1.165, 1.54) is 0 Å². The van der Waals surface area contributed by atoms with Crippen molar-refractivity contribution in [2.24, 2.45) is 5.92 Å². The molecule has 2 unspecified atom stereocenters. The molecule has 0 saturated carbocycles. The number of aliphatic hydroxyl groups excluding tert-OH is 1. The van der Waals surface area contributed by atoms with Gasteiger partial charge in [0.15, 0.2) is 0 Å². The largest absolute Gasteiger partial charge is 0.388 e. The monoisotopic (exact) mass is 265 g/mol. The van der Waals surface area contributed by atoms with Crippen LogP contribution < -0.4 is 5.32 Å². The summed E-state index contributed by atoms with van der Waals surface area (Å²) >= 11 is 0. The minimum atomic E-state index is -0.937. The van der Waals surface area contributed by atoms with Gasteiger partial charge in [-0.1, -0.05) is 44.2 Å². The predicted octanol–water partition coefficient (Wildman–Crippen LogP) is 1.63. The molecule has 0 fully saturated rings. The van der Waals surface area contributed by atoms with Gasteiger partial charge in [-0.25, -0.2) is 0 Å². The number of hydrogen-bond donors (Lipinski definition) is 3. The van der Waals surface area contributed by atoms with Crippen molar-refractivity contribution >= 4 is 5.91 Å². The summed E-state index contributed by atoms with van der Waals surface area (Å²) in [5.74, 6) is -0.218. The first-order valence-electron chi connectivity index (χ1n) is 6.55. The summed E-state index contributed by atoms with van der Waals surface area (Å²) in [5.41, 5.74) is -0.221. The van der Waals surface area contributed by atoms with E-state index in [9.17, 15) is 15.0 Å². The zero-order valence-corrected chi connectivity index (χ0v) is 11.8. The van der Waals surface area contributed by atoms with E-state index in [0.29, 0.717) is 5.56 Å². The number of carbonyl (C=O) groups is 1. The first kappa shape index (κ1) is 15.7. The Bertz CT molecular complexity index is 401. The van der Waals surface area contributed by atoms with Gasteiger partial charge in [-0.15, -0.1) is 0 Å². The second kappa shape index (κ2) is 6.68. The van der Waals surface area contributed by atoms with Crippen LogP contribution in [0.4, 0.5) is 0 Å². The Morgan fingerprint density at radius 1 is 1.32 bits per heavy atom. The molecule has 1 aromatic rings. The molecule has 19 heavy (non-hydrogen) atoms. The van der Waals surface area contributed by atoms with Crippen molar-refractivity contribution in [2.75, 3.05) is 6.54 Å². The van der Waals surface area contributed by atoms with Crippen LogP contribution in [0.25, 0.3) is 0 Å². The van der Waals surface area contributed by atoms with Crippen LogP contribution in [-0.4, -0.2) is 28.3 Å². The molecule has 0 aliphatic heterocycles. The summed E-state index contributed by atoms with van der Waals surface area (Å²) in [6, 6.07) is 9.06.